The zero-order valence-electron chi connectivity index (χ0n) is 17.6. The van der Waals surface area contributed by atoms with Gasteiger partial charge >= 0.3 is 0 Å². The van der Waals surface area contributed by atoms with Gasteiger partial charge in [-0.2, -0.15) is 5.26 Å². The van der Waals surface area contributed by atoms with Crippen molar-refractivity contribution in [1.82, 2.24) is 14.7 Å². The molecule has 0 radical (unpaired) electrons. The van der Waals surface area contributed by atoms with Crippen LogP contribution in [0.2, 0.25) is 0 Å². The Morgan fingerprint density at radius 1 is 0.897 bits per heavy atom. The van der Waals surface area contributed by atoms with Crippen LogP contribution in [0.4, 0.5) is 0 Å². The van der Waals surface area contributed by atoms with Crippen molar-refractivity contribution >= 4 is 5.91 Å². The zero-order chi connectivity index (χ0) is 20.1. The topological polar surface area (TPSA) is 50.6 Å². The van der Waals surface area contributed by atoms with Gasteiger partial charge in [0, 0.05) is 32.2 Å². The number of fused-ring (bicyclic) bond motifs is 1. The summed E-state index contributed by atoms with van der Waals surface area (Å²) in [5.41, 5.74) is 1.97. The lowest BCUT2D eigenvalue weighted by Gasteiger charge is -2.44. The normalized spacial score (nSPS) is 26.4. The predicted molar refractivity (Wildman–Crippen MR) is 114 cm³/mol. The van der Waals surface area contributed by atoms with Crippen molar-refractivity contribution in [2.45, 2.75) is 57.5 Å². The van der Waals surface area contributed by atoms with Gasteiger partial charge < -0.3 is 4.90 Å². The van der Waals surface area contributed by atoms with Gasteiger partial charge in [0.25, 0.3) is 0 Å². The fourth-order valence-electron chi connectivity index (χ4n) is 5.50. The van der Waals surface area contributed by atoms with Crippen molar-refractivity contribution < 1.29 is 4.79 Å². The molecule has 3 fully saturated rings. The molecule has 2 atom stereocenters. The molecule has 5 heteroatoms. The molecular formula is C24H34N4O. The molecule has 1 saturated carbocycles. The zero-order valence-corrected chi connectivity index (χ0v) is 17.6. The monoisotopic (exact) mass is 394 g/mol. The molecule has 156 valence electrons. The lowest BCUT2D eigenvalue weighted by atomic mass is 9.78. The first-order chi connectivity index (χ1) is 14.2. The van der Waals surface area contributed by atoms with E-state index in [9.17, 15) is 4.79 Å². The summed E-state index contributed by atoms with van der Waals surface area (Å²) in [5.74, 6) is 1.12. The Bertz CT molecular complexity index is 723. The fraction of sp³-hybridized carbons (Fsp3) is 0.667. The Balaban J connectivity index is 1.28. The summed E-state index contributed by atoms with van der Waals surface area (Å²) in [6.45, 7) is 6.52. The quantitative estimate of drug-likeness (QED) is 0.787. The minimum Gasteiger partial charge on any atom is -0.338 e. The number of benzene rings is 1. The number of nitrogens with zero attached hydrogens (tertiary/aromatic N) is 4. The van der Waals surface area contributed by atoms with Crippen LogP contribution >= 0.6 is 0 Å². The molecule has 2 saturated heterocycles. The molecule has 1 aliphatic carbocycles. The predicted octanol–water partition coefficient (Wildman–Crippen LogP) is 3.25. The number of piperidine rings is 1. The van der Waals surface area contributed by atoms with Crippen LogP contribution in [-0.4, -0.2) is 65.9 Å². The molecular weight excluding hydrogens is 360 g/mol. The van der Waals surface area contributed by atoms with E-state index in [4.69, 9.17) is 5.26 Å². The molecule has 0 N–H and O–H groups in total. The van der Waals surface area contributed by atoms with Crippen LogP contribution in [-0.2, 0) is 11.3 Å². The summed E-state index contributed by atoms with van der Waals surface area (Å²) < 4.78 is 0. The van der Waals surface area contributed by atoms with E-state index in [1.807, 2.05) is 12.1 Å². The Morgan fingerprint density at radius 3 is 2.45 bits per heavy atom. The largest absolute Gasteiger partial charge is 0.338 e. The third kappa shape index (κ3) is 5.18. The standard InChI is InChI=1S/C24H34N4O/c25-17-20-8-10-21(11-9-20)18-26-12-4-13-27(16-15-26)19-24(29)28-14-3-6-22-5-1-2-7-23(22)28/h8-11,22-23H,1-7,12-16,18-19H2. The SMILES string of the molecule is N#Cc1ccc(CN2CCCN(CC(=O)N3CCCC4CCCCC43)CC2)cc1. The van der Waals surface area contributed by atoms with E-state index < -0.39 is 0 Å². The summed E-state index contributed by atoms with van der Waals surface area (Å²) >= 11 is 0. The van der Waals surface area contributed by atoms with E-state index in [-0.39, 0.29) is 0 Å². The van der Waals surface area contributed by atoms with Crippen molar-refractivity contribution in [2.24, 2.45) is 5.92 Å². The second kappa shape index (κ2) is 9.73. The molecule has 4 rings (SSSR count). The summed E-state index contributed by atoms with van der Waals surface area (Å²) in [7, 11) is 0. The summed E-state index contributed by atoms with van der Waals surface area (Å²) in [6, 6.07) is 10.6. The van der Waals surface area contributed by atoms with Gasteiger partial charge in [-0.3, -0.25) is 14.6 Å². The third-order valence-electron chi connectivity index (χ3n) is 7.09. The van der Waals surface area contributed by atoms with Crippen molar-refractivity contribution in [2.75, 3.05) is 39.3 Å². The Morgan fingerprint density at radius 2 is 1.62 bits per heavy atom. The number of hydrogen-bond acceptors (Lipinski definition) is 4. The minimum absolute atomic E-state index is 0.363. The van der Waals surface area contributed by atoms with Gasteiger partial charge in [-0.25, -0.2) is 0 Å². The summed E-state index contributed by atoms with van der Waals surface area (Å²) in [6.07, 6.45) is 8.80. The maximum absolute atomic E-state index is 13.1. The minimum atomic E-state index is 0.363. The molecule has 2 heterocycles. The average molecular weight is 395 g/mol. The Kier molecular flexibility index (Phi) is 6.84. The number of likely N-dealkylation sites (tertiary alicyclic amines) is 1. The summed E-state index contributed by atoms with van der Waals surface area (Å²) in [4.78, 5) is 20.2. The molecule has 0 spiro atoms. The number of rotatable bonds is 4. The highest BCUT2D eigenvalue weighted by molar-refractivity contribution is 5.78. The van der Waals surface area contributed by atoms with E-state index in [0.29, 0.717) is 24.1 Å². The maximum Gasteiger partial charge on any atom is 0.237 e. The molecule has 0 aromatic heterocycles. The van der Waals surface area contributed by atoms with E-state index >= 15 is 0 Å². The highest BCUT2D eigenvalue weighted by Gasteiger charge is 2.36. The number of nitriles is 1. The number of carbonyl (C=O) groups excluding carboxylic acids is 1. The lowest BCUT2D eigenvalue weighted by Crippen LogP contribution is -2.52. The Labute approximate surface area is 175 Å². The first kappa shape index (κ1) is 20.4. The van der Waals surface area contributed by atoms with E-state index in [2.05, 4.69) is 32.9 Å². The molecule has 29 heavy (non-hydrogen) atoms. The first-order valence-electron chi connectivity index (χ1n) is 11.5. The smallest absolute Gasteiger partial charge is 0.237 e. The fourth-order valence-corrected chi connectivity index (χ4v) is 5.50. The molecule has 1 aromatic carbocycles. The van der Waals surface area contributed by atoms with Crippen LogP contribution in [0.15, 0.2) is 24.3 Å². The second-order valence-electron chi connectivity index (χ2n) is 9.06. The number of amides is 1. The number of hydrogen-bond donors (Lipinski definition) is 0. The molecule has 5 nitrogen and oxygen atoms in total. The van der Waals surface area contributed by atoms with Gasteiger partial charge in [0.05, 0.1) is 18.2 Å². The van der Waals surface area contributed by atoms with Crippen LogP contribution < -0.4 is 0 Å². The summed E-state index contributed by atoms with van der Waals surface area (Å²) in [5, 5.41) is 8.95. The lowest BCUT2D eigenvalue weighted by molar-refractivity contribution is -0.138. The second-order valence-corrected chi connectivity index (χ2v) is 9.06. The molecule has 3 aliphatic rings. The van der Waals surface area contributed by atoms with Crippen molar-refractivity contribution in [3.8, 4) is 6.07 Å². The molecule has 0 bridgehead atoms. The van der Waals surface area contributed by atoms with E-state index in [0.717, 1.165) is 51.6 Å². The van der Waals surface area contributed by atoms with Crippen LogP contribution in [0.3, 0.4) is 0 Å². The molecule has 1 aromatic rings. The van der Waals surface area contributed by atoms with Crippen molar-refractivity contribution in [1.29, 1.82) is 5.26 Å². The third-order valence-corrected chi connectivity index (χ3v) is 7.09. The molecule has 1 amide bonds. The van der Waals surface area contributed by atoms with Crippen LogP contribution in [0.5, 0.6) is 0 Å². The van der Waals surface area contributed by atoms with E-state index in [1.54, 1.807) is 0 Å². The van der Waals surface area contributed by atoms with Crippen molar-refractivity contribution in [3.05, 3.63) is 35.4 Å². The number of carbonyl (C=O) groups is 1. The van der Waals surface area contributed by atoms with E-state index in [1.165, 1.54) is 44.1 Å². The van der Waals surface area contributed by atoms with Gasteiger partial charge in [0.15, 0.2) is 0 Å². The molecule has 2 unspecified atom stereocenters. The van der Waals surface area contributed by atoms with Gasteiger partial charge in [-0.15, -0.1) is 0 Å². The van der Waals surface area contributed by atoms with Crippen LogP contribution in [0.25, 0.3) is 0 Å². The van der Waals surface area contributed by atoms with Crippen LogP contribution in [0, 0.1) is 17.2 Å². The molecule has 2 aliphatic heterocycles. The highest BCUT2D eigenvalue weighted by Crippen LogP contribution is 2.35. The Hall–Kier alpha value is -1.90. The van der Waals surface area contributed by atoms with Crippen LogP contribution in [0.1, 0.15) is 56.1 Å². The van der Waals surface area contributed by atoms with Gasteiger partial charge in [0.2, 0.25) is 5.91 Å². The maximum atomic E-state index is 13.1. The van der Waals surface area contributed by atoms with Gasteiger partial charge in [0.1, 0.15) is 0 Å². The van der Waals surface area contributed by atoms with Gasteiger partial charge in [-0.1, -0.05) is 25.0 Å². The van der Waals surface area contributed by atoms with Gasteiger partial charge in [-0.05, 0) is 68.8 Å². The first-order valence-corrected chi connectivity index (χ1v) is 11.5. The highest BCUT2D eigenvalue weighted by atomic mass is 16.2. The van der Waals surface area contributed by atoms with Crippen molar-refractivity contribution in [3.63, 3.8) is 0 Å². The average Bonchev–Trinajstić information content (AvgIpc) is 2.99.